The average Bonchev–Trinajstić information content (AvgIpc) is 2.78. The molecule has 188 valence electrons. The lowest BCUT2D eigenvalue weighted by Crippen LogP contribution is -2.11. The van der Waals surface area contributed by atoms with Crippen molar-refractivity contribution < 1.29 is 40.6 Å². The largest absolute Gasteiger partial charge is 0.661 e. The Kier molecular flexibility index (Phi) is 9.21. The minimum Gasteiger partial charge on any atom is -0.661 e. The van der Waals surface area contributed by atoms with Crippen LogP contribution in [0.4, 0.5) is 30.7 Å². The van der Waals surface area contributed by atoms with E-state index in [9.17, 15) is 35.5 Å². The molecule has 1 aromatic heterocycles. The number of alkyl halides is 6. The molecule has 0 spiro atoms. The molecule has 0 saturated heterocycles. The Morgan fingerprint density at radius 1 is 1.00 bits per heavy atom. The number of aromatic carboxylic acids is 1. The van der Waals surface area contributed by atoms with E-state index < -0.39 is 29.4 Å². The highest BCUT2D eigenvalue weighted by atomic mass is 32.2. The standard InChI is InChI=1S/C12H9FN2O2S.C10H8F6N/c1-18-12-14-6-9(11(16)17)10(15-12)7-2-4-8(13)5-3-7;1-17-5-6-2-7(9(11,12)13)4-8(3-6)10(14,15)16/h2-6H,1H3,(H,16,17);2-4H,5H2,1H3/q;-1. The molecule has 3 aromatic rings. The molecule has 5 nitrogen and oxygen atoms in total. The van der Waals surface area contributed by atoms with E-state index in [-0.39, 0.29) is 29.6 Å². The Labute approximate surface area is 199 Å². The number of carboxylic acids is 1. The third kappa shape index (κ3) is 7.92. The van der Waals surface area contributed by atoms with Gasteiger partial charge in [0, 0.05) is 11.8 Å². The number of hydrogen-bond acceptors (Lipinski definition) is 4. The summed E-state index contributed by atoms with van der Waals surface area (Å²) in [7, 11) is 1.31. The lowest BCUT2D eigenvalue weighted by molar-refractivity contribution is -0.143. The first-order valence-corrected chi connectivity index (χ1v) is 10.7. The minimum absolute atomic E-state index is 0.000548. The lowest BCUT2D eigenvalue weighted by atomic mass is 10.0. The zero-order valence-electron chi connectivity index (χ0n) is 18.1. The van der Waals surface area contributed by atoms with Gasteiger partial charge in [-0.2, -0.15) is 33.4 Å². The highest BCUT2D eigenvalue weighted by Crippen LogP contribution is 2.36. The van der Waals surface area contributed by atoms with E-state index in [0.29, 0.717) is 28.5 Å². The van der Waals surface area contributed by atoms with Crippen molar-refractivity contribution in [2.24, 2.45) is 0 Å². The van der Waals surface area contributed by atoms with Crippen molar-refractivity contribution in [3.8, 4) is 11.3 Å². The van der Waals surface area contributed by atoms with E-state index in [1.807, 2.05) is 0 Å². The van der Waals surface area contributed by atoms with E-state index in [1.54, 1.807) is 6.26 Å². The number of aromatic nitrogens is 2. The topological polar surface area (TPSA) is 77.2 Å². The maximum Gasteiger partial charge on any atom is 0.416 e. The molecular weight excluding hydrogens is 503 g/mol. The maximum atomic E-state index is 12.9. The highest BCUT2D eigenvalue weighted by Gasteiger charge is 2.36. The number of nitrogens with zero attached hydrogens (tertiary/aromatic N) is 3. The first-order chi connectivity index (χ1) is 16.3. The summed E-state index contributed by atoms with van der Waals surface area (Å²) in [4.78, 5) is 19.2. The summed E-state index contributed by atoms with van der Waals surface area (Å²) in [5.41, 5.74) is -1.90. The van der Waals surface area contributed by atoms with Crippen LogP contribution in [0.5, 0.6) is 0 Å². The van der Waals surface area contributed by atoms with Crippen LogP contribution >= 0.6 is 11.8 Å². The van der Waals surface area contributed by atoms with Gasteiger partial charge in [0.15, 0.2) is 5.16 Å². The molecule has 2 aromatic carbocycles. The van der Waals surface area contributed by atoms with Gasteiger partial charge in [-0.15, -0.1) is 6.54 Å². The fourth-order valence-electron chi connectivity index (χ4n) is 2.74. The first kappa shape index (κ1) is 28.1. The van der Waals surface area contributed by atoms with Gasteiger partial charge in [-0.05, 0) is 48.7 Å². The van der Waals surface area contributed by atoms with Crippen molar-refractivity contribution in [2.45, 2.75) is 24.1 Å². The van der Waals surface area contributed by atoms with Gasteiger partial charge in [0.2, 0.25) is 0 Å². The van der Waals surface area contributed by atoms with Crippen LogP contribution in [0, 0.1) is 5.82 Å². The molecule has 0 aliphatic rings. The van der Waals surface area contributed by atoms with E-state index >= 15 is 0 Å². The molecule has 0 aliphatic carbocycles. The van der Waals surface area contributed by atoms with Crippen LogP contribution in [-0.2, 0) is 18.9 Å². The van der Waals surface area contributed by atoms with Crippen molar-refractivity contribution in [3.05, 3.63) is 82.0 Å². The number of benzene rings is 2. The molecule has 3 rings (SSSR count). The quantitative estimate of drug-likeness (QED) is 0.224. The molecule has 35 heavy (non-hydrogen) atoms. The molecule has 0 atom stereocenters. The van der Waals surface area contributed by atoms with Crippen LogP contribution in [-0.4, -0.2) is 34.3 Å². The number of carbonyl (C=O) groups is 1. The number of halogens is 7. The number of thioether (sulfide) groups is 1. The summed E-state index contributed by atoms with van der Waals surface area (Å²) in [6, 6.07) is 6.95. The second kappa shape index (κ2) is 11.5. The number of hydrogen-bond donors (Lipinski definition) is 1. The zero-order chi connectivity index (χ0) is 26.4. The van der Waals surface area contributed by atoms with Crippen LogP contribution in [0.15, 0.2) is 53.8 Å². The second-order valence-electron chi connectivity index (χ2n) is 6.82. The van der Waals surface area contributed by atoms with E-state index in [4.69, 9.17) is 5.11 Å². The van der Waals surface area contributed by atoms with Crippen molar-refractivity contribution in [1.29, 1.82) is 0 Å². The van der Waals surface area contributed by atoms with Gasteiger partial charge in [0.05, 0.1) is 16.8 Å². The van der Waals surface area contributed by atoms with Gasteiger partial charge in [-0.25, -0.2) is 19.2 Å². The predicted molar refractivity (Wildman–Crippen MR) is 116 cm³/mol. The summed E-state index contributed by atoms with van der Waals surface area (Å²) in [6.07, 6.45) is -6.54. The SMILES string of the molecule is CSc1ncc(C(=O)O)c(-c2ccc(F)cc2)n1.C[N-]Cc1cc(C(F)(F)F)cc(C(F)(F)F)c1. The minimum atomic E-state index is -4.80. The first-order valence-electron chi connectivity index (χ1n) is 9.50. The van der Waals surface area contributed by atoms with Gasteiger partial charge in [-0.3, -0.25) is 0 Å². The van der Waals surface area contributed by atoms with E-state index in [0.717, 1.165) is 0 Å². The van der Waals surface area contributed by atoms with Crippen LogP contribution in [0.3, 0.4) is 0 Å². The molecule has 1 heterocycles. The monoisotopic (exact) mass is 520 g/mol. The van der Waals surface area contributed by atoms with E-state index in [1.165, 1.54) is 49.3 Å². The molecule has 0 aliphatic heterocycles. The van der Waals surface area contributed by atoms with Crippen LogP contribution in [0.2, 0.25) is 0 Å². The van der Waals surface area contributed by atoms with Crippen LogP contribution in [0.1, 0.15) is 27.0 Å². The fraction of sp³-hybridized carbons (Fsp3) is 0.227. The molecular formula is C22H17F7N3O2S-. The van der Waals surface area contributed by atoms with Gasteiger partial charge in [-0.1, -0.05) is 17.3 Å². The molecule has 13 heteroatoms. The molecule has 0 unspecified atom stereocenters. The Bertz CT molecular complexity index is 1130. The zero-order valence-corrected chi connectivity index (χ0v) is 18.9. The van der Waals surface area contributed by atoms with Crippen molar-refractivity contribution in [2.75, 3.05) is 13.3 Å². The predicted octanol–water partition coefficient (Wildman–Crippen LogP) is 6.93. The number of rotatable bonds is 5. The van der Waals surface area contributed by atoms with Crippen molar-refractivity contribution in [3.63, 3.8) is 0 Å². The van der Waals surface area contributed by atoms with Gasteiger partial charge in [0.1, 0.15) is 11.4 Å². The number of carboxylic acid groups (broad SMARTS) is 1. The molecule has 0 radical (unpaired) electrons. The smallest absolute Gasteiger partial charge is 0.416 e. The Balaban J connectivity index is 0.000000247. The van der Waals surface area contributed by atoms with Gasteiger partial charge >= 0.3 is 18.3 Å². The Hall–Kier alpha value is -3.19. The Morgan fingerprint density at radius 2 is 1.54 bits per heavy atom. The second-order valence-corrected chi connectivity index (χ2v) is 7.59. The van der Waals surface area contributed by atoms with E-state index in [2.05, 4.69) is 15.3 Å². The van der Waals surface area contributed by atoms with Crippen molar-refractivity contribution in [1.82, 2.24) is 9.97 Å². The molecule has 1 N–H and O–H groups in total. The van der Waals surface area contributed by atoms with Crippen LogP contribution in [0.25, 0.3) is 16.6 Å². The van der Waals surface area contributed by atoms with Crippen LogP contribution < -0.4 is 0 Å². The molecule has 0 fully saturated rings. The summed E-state index contributed by atoms with van der Waals surface area (Å²) in [5.74, 6) is -1.49. The maximum absolute atomic E-state index is 12.9. The summed E-state index contributed by atoms with van der Waals surface area (Å²) in [5, 5.41) is 13.1. The average molecular weight is 520 g/mol. The van der Waals surface area contributed by atoms with Crippen molar-refractivity contribution >= 4 is 17.7 Å². The molecule has 0 bridgehead atoms. The lowest BCUT2D eigenvalue weighted by Gasteiger charge is -2.17. The molecule has 0 amide bonds. The third-order valence-electron chi connectivity index (χ3n) is 4.29. The third-order valence-corrected chi connectivity index (χ3v) is 4.85. The summed E-state index contributed by atoms with van der Waals surface area (Å²) < 4.78 is 87.1. The fourth-order valence-corrected chi connectivity index (χ4v) is 3.08. The summed E-state index contributed by atoms with van der Waals surface area (Å²) >= 11 is 1.31. The summed E-state index contributed by atoms with van der Waals surface area (Å²) in [6.45, 7) is -0.188. The highest BCUT2D eigenvalue weighted by molar-refractivity contribution is 7.98. The normalized spacial score (nSPS) is 11.6. The Morgan fingerprint density at radius 3 is 1.97 bits per heavy atom. The molecule has 0 saturated carbocycles. The van der Waals surface area contributed by atoms with Gasteiger partial charge < -0.3 is 10.4 Å². The van der Waals surface area contributed by atoms with Gasteiger partial charge in [0.25, 0.3) is 0 Å².